The maximum absolute atomic E-state index is 12.4. The molecule has 6 heteroatoms. The molecule has 3 N–H and O–H groups in total. The van der Waals surface area contributed by atoms with E-state index in [9.17, 15) is 4.79 Å². The minimum absolute atomic E-state index is 0.135. The van der Waals surface area contributed by atoms with Crippen molar-refractivity contribution >= 4 is 17.7 Å². The zero-order chi connectivity index (χ0) is 14.7. The van der Waals surface area contributed by atoms with Gasteiger partial charge < -0.3 is 15.8 Å². The molecule has 21 heavy (non-hydrogen) atoms. The second-order valence-corrected chi connectivity index (χ2v) is 7.72. The van der Waals surface area contributed by atoms with E-state index in [0.29, 0.717) is 0 Å². The third-order valence-electron chi connectivity index (χ3n) is 5.20. The highest BCUT2D eigenvalue weighted by Gasteiger charge is 2.41. The van der Waals surface area contributed by atoms with Crippen molar-refractivity contribution in [3.63, 3.8) is 0 Å². The zero-order valence-corrected chi connectivity index (χ0v) is 13.5. The number of hydrogen-bond acceptors (Lipinski definition) is 5. The summed E-state index contributed by atoms with van der Waals surface area (Å²) >= 11 is 2.01. The number of amides is 1. The van der Waals surface area contributed by atoms with Gasteiger partial charge in [0, 0.05) is 42.9 Å². The van der Waals surface area contributed by atoms with Gasteiger partial charge in [0.15, 0.2) is 0 Å². The number of hydrogen-bond donors (Lipinski definition) is 2. The van der Waals surface area contributed by atoms with Crippen molar-refractivity contribution in [1.82, 2.24) is 10.2 Å². The first-order valence-corrected chi connectivity index (χ1v) is 9.29. The quantitative estimate of drug-likeness (QED) is 0.788. The van der Waals surface area contributed by atoms with Crippen LogP contribution >= 0.6 is 11.8 Å². The summed E-state index contributed by atoms with van der Waals surface area (Å²) < 4.78 is 5.47. The highest BCUT2D eigenvalue weighted by Crippen LogP contribution is 2.34. The molecule has 2 aliphatic heterocycles. The largest absolute Gasteiger partial charge is 0.379 e. The average molecular weight is 313 g/mol. The molecular formula is C15H27N3O2S. The minimum atomic E-state index is 0.135. The van der Waals surface area contributed by atoms with Gasteiger partial charge in [0.1, 0.15) is 0 Å². The van der Waals surface area contributed by atoms with Crippen molar-refractivity contribution in [1.29, 1.82) is 0 Å². The van der Waals surface area contributed by atoms with Gasteiger partial charge in [0.25, 0.3) is 0 Å². The summed E-state index contributed by atoms with van der Waals surface area (Å²) in [6.07, 6.45) is 3.96. The number of rotatable bonds is 4. The van der Waals surface area contributed by atoms with Crippen LogP contribution in [0.1, 0.15) is 25.7 Å². The molecule has 1 aliphatic carbocycles. The normalized spacial score (nSPS) is 37.8. The Hall–Kier alpha value is -0.300. The lowest BCUT2D eigenvalue weighted by Crippen LogP contribution is -2.59. The highest BCUT2D eigenvalue weighted by molar-refractivity contribution is 7.99. The molecule has 0 bridgehead atoms. The Labute approximate surface area is 131 Å². The van der Waals surface area contributed by atoms with E-state index in [0.717, 1.165) is 57.9 Å². The first-order valence-electron chi connectivity index (χ1n) is 8.13. The van der Waals surface area contributed by atoms with E-state index in [1.807, 2.05) is 11.8 Å². The molecule has 0 aromatic heterocycles. The first kappa shape index (κ1) is 15.6. The molecule has 2 heterocycles. The van der Waals surface area contributed by atoms with Crippen molar-refractivity contribution < 1.29 is 9.53 Å². The van der Waals surface area contributed by atoms with E-state index in [1.165, 1.54) is 12.2 Å². The van der Waals surface area contributed by atoms with E-state index in [-0.39, 0.29) is 23.4 Å². The fourth-order valence-corrected chi connectivity index (χ4v) is 5.26. The first-order chi connectivity index (χ1) is 10.2. The fraction of sp³-hybridized carbons (Fsp3) is 0.933. The van der Waals surface area contributed by atoms with E-state index in [4.69, 9.17) is 10.5 Å². The van der Waals surface area contributed by atoms with Gasteiger partial charge in [-0.3, -0.25) is 9.69 Å². The fourth-order valence-electron chi connectivity index (χ4n) is 3.79. The molecule has 3 unspecified atom stereocenters. The van der Waals surface area contributed by atoms with Crippen LogP contribution in [-0.4, -0.2) is 66.7 Å². The summed E-state index contributed by atoms with van der Waals surface area (Å²) in [4.78, 5) is 14.9. The third kappa shape index (κ3) is 3.55. The van der Waals surface area contributed by atoms with Crippen LogP contribution in [0.15, 0.2) is 0 Å². The number of morpholine rings is 1. The lowest BCUT2D eigenvalue weighted by Gasteiger charge is -2.43. The van der Waals surface area contributed by atoms with Crippen LogP contribution < -0.4 is 11.1 Å². The second kappa shape index (κ2) is 6.86. The Balaban J connectivity index is 1.56. The monoisotopic (exact) mass is 313 g/mol. The summed E-state index contributed by atoms with van der Waals surface area (Å²) in [5.41, 5.74) is 6.06. The van der Waals surface area contributed by atoms with Gasteiger partial charge in [-0.2, -0.15) is 11.8 Å². The third-order valence-corrected chi connectivity index (χ3v) is 6.43. The number of carbonyl (C=O) groups is 1. The molecule has 120 valence electrons. The maximum Gasteiger partial charge on any atom is 0.223 e. The van der Waals surface area contributed by atoms with E-state index < -0.39 is 0 Å². The SMILES string of the molecule is NC1CCC(C(=O)NCC2(N3CCOCC3)CCSC2)C1. The number of carbonyl (C=O) groups excluding carboxylic acids is 1. The van der Waals surface area contributed by atoms with E-state index in [1.54, 1.807) is 0 Å². The van der Waals surface area contributed by atoms with Crippen LogP contribution in [0.5, 0.6) is 0 Å². The van der Waals surface area contributed by atoms with Gasteiger partial charge in [-0.25, -0.2) is 0 Å². The summed E-state index contributed by atoms with van der Waals surface area (Å²) in [5.74, 6) is 2.67. The van der Waals surface area contributed by atoms with Gasteiger partial charge in [0.2, 0.25) is 5.91 Å². The van der Waals surface area contributed by atoms with E-state index >= 15 is 0 Å². The van der Waals surface area contributed by atoms with Crippen LogP contribution in [0, 0.1) is 5.92 Å². The lowest BCUT2D eigenvalue weighted by molar-refractivity contribution is -0.125. The molecule has 2 saturated heterocycles. The number of nitrogens with zero attached hydrogens (tertiary/aromatic N) is 1. The van der Waals surface area contributed by atoms with Gasteiger partial charge in [0.05, 0.1) is 13.2 Å². The van der Waals surface area contributed by atoms with Crippen molar-refractivity contribution in [2.45, 2.75) is 37.3 Å². The summed E-state index contributed by atoms with van der Waals surface area (Å²) in [5, 5.41) is 3.23. The Bertz CT molecular complexity index is 368. The smallest absolute Gasteiger partial charge is 0.223 e. The molecule has 1 saturated carbocycles. The van der Waals surface area contributed by atoms with E-state index in [2.05, 4.69) is 10.2 Å². The Kier molecular flexibility index (Phi) is 5.09. The zero-order valence-electron chi connectivity index (χ0n) is 12.7. The summed E-state index contributed by atoms with van der Waals surface area (Å²) in [6, 6.07) is 0.219. The Morgan fingerprint density at radius 3 is 2.81 bits per heavy atom. The van der Waals surface area contributed by atoms with Gasteiger partial charge in [-0.05, 0) is 31.4 Å². The van der Waals surface area contributed by atoms with Crippen molar-refractivity contribution in [2.24, 2.45) is 11.7 Å². The highest BCUT2D eigenvalue weighted by atomic mass is 32.2. The molecule has 0 aromatic carbocycles. The lowest BCUT2D eigenvalue weighted by atomic mass is 9.95. The number of nitrogens with two attached hydrogens (primary N) is 1. The molecule has 3 rings (SSSR count). The van der Waals surface area contributed by atoms with Crippen LogP contribution in [0.3, 0.4) is 0 Å². The van der Waals surface area contributed by atoms with Crippen LogP contribution in [0.2, 0.25) is 0 Å². The number of nitrogens with one attached hydrogen (secondary N) is 1. The molecule has 1 amide bonds. The molecule has 0 aromatic rings. The maximum atomic E-state index is 12.4. The van der Waals surface area contributed by atoms with Crippen LogP contribution in [-0.2, 0) is 9.53 Å². The summed E-state index contributed by atoms with van der Waals surface area (Å²) in [6.45, 7) is 4.40. The predicted molar refractivity (Wildman–Crippen MR) is 85.4 cm³/mol. The van der Waals surface area contributed by atoms with Crippen molar-refractivity contribution in [3.8, 4) is 0 Å². The van der Waals surface area contributed by atoms with Crippen molar-refractivity contribution in [2.75, 3.05) is 44.4 Å². The van der Waals surface area contributed by atoms with Crippen LogP contribution in [0.4, 0.5) is 0 Å². The number of thioether (sulfide) groups is 1. The molecule has 0 spiro atoms. The van der Waals surface area contributed by atoms with Gasteiger partial charge in [-0.1, -0.05) is 0 Å². The Morgan fingerprint density at radius 1 is 1.38 bits per heavy atom. The molecule has 3 atom stereocenters. The number of ether oxygens (including phenoxy) is 1. The molecule has 3 fully saturated rings. The summed E-state index contributed by atoms with van der Waals surface area (Å²) in [7, 11) is 0. The standard InChI is InChI=1S/C15H27N3O2S/c16-13-2-1-12(9-13)14(19)17-10-15(3-8-21-11-15)18-4-6-20-7-5-18/h12-13H,1-11,16H2,(H,17,19). The topological polar surface area (TPSA) is 67.6 Å². The Morgan fingerprint density at radius 2 is 2.19 bits per heavy atom. The van der Waals surface area contributed by atoms with Gasteiger partial charge in [-0.15, -0.1) is 0 Å². The average Bonchev–Trinajstić information content (AvgIpc) is 3.16. The molecule has 3 aliphatic rings. The van der Waals surface area contributed by atoms with Gasteiger partial charge >= 0.3 is 0 Å². The molecule has 5 nitrogen and oxygen atoms in total. The molecule has 0 radical (unpaired) electrons. The second-order valence-electron chi connectivity index (χ2n) is 6.61. The van der Waals surface area contributed by atoms with Crippen LogP contribution in [0.25, 0.3) is 0 Å². The molecular weight excluding hydrogens is 286 g/mol. The van der Waals surface area contributed by atoms with Crippen molar-refractivity contribution in [3.05, 3.63) is 0 Å². The minimum Gasteiger partial charge on any atom is -0.379 e. The predicted octanol–water partition coefficient (Wildman–Crippen LogP) is 0.438.